The first-order chi connectivity index (χ1) is 12.5. The molecule has 0 aliphatic rings. The van der Waals surface area contributed by atoms with E-state index in [0.29, 0.717) is 33.8 Å². The molecule has 0 aliphatic heterocycles. The molecule has 0 radical (unpaired) electrons. The third-order valence-electron chi connectivity index (χ3n) is 3.37. The Balaban J connectivity index is 2.31. The number of phenolic OH excluding ortho intramolecular Hbond substituents is 1. The van der Waals surface area contributed by atoms with Crippen LogP contribution in [0.1, 0.15) is 12.5 Å². The molecule has 0 spiro atoms. The van der Waals surface area contributed by atoms with Crippen molar-refractivity contribution < 1.29 is 19.4 Å². The van der Waals surface area contributed by atoms with Crippen LogP contribution in [0, 0.1) is 11.3 Å². The maximum absolute atomic E-state index is 12.3. The zero-order valence-electron chi connectivity index (χ0n) is 14.2. The molecule has 6 nitrogen and oxygen atoms in total. The van der Waals surface area contributed by atoms with E-state index in [1.807, 2.05) is 13.0 Å². The number of methoxy groups -OCH3 is 1. The Labute approximate surface area is 159 Å². The van der Waals surface area contributed by atoms with E-state index >= 15 is 0 Å². The number of rotatable bonds is 6. The zero-order chi connectivity index (χ0) is 19.1. The van der Waals surface area contributed by atoms with Gasteiger partial charge in [-0.2, -0.15) is 5.26 Å². The molecule has 0 saturated carbocycles. The standard InChI is InChI=1S/C19H17BrN2O4/c1-3-26-18-10-16(20)12(9-17(18)25-2)8-13(11-21)19(24)22-14-4-6-15(23)7-5-14/h4-10,23H,3H2,1-2H3,(H,22,24)/b13-8+. The molecule has 0 unspecified atom stereocenters. The molecule has 0 bridgehead atoms. The molecule has 2 rings (SSSR count). The Bertz CT molecular complexity index is 870. The fourth-order valence-electron chi connectivity index (χ4n) is 2.14. The highest BCUT2D eigenvalue weighted by Gasteiger charge is 2.13. The molecule has 26 heavy (non-hydrogen) atoms. The minimum Gasteiger partial charge on any atom is -0.508 e. The number of hydrogen-bond donors (Lipinski definition) is 2. The molecule has 0 aliphatic carbocycles. The minimum atomic E-state index is -0.557. The van der Waals surface area contributed by atoms with E-state index in [1.54, 1.807) is 12.1 Å². The van der Waals surface area contributed by atoms with Crippen LogP contribution < -0.4 is 14.8 Å². The van der Waals surface area contributed by atoms with Crippen LogP contribution in [-0.4, -0.2) is 24.7 Å². The van der Waals surface area contributed by atoms with Crippen LogP contribution in [0.3, 0.4) is 0 Å². The van der Waals surface area contributed by atoms with Crippen LogP contribution in [0.4, 0.5) is 5.69 Å². The predicted octanol–water partition coefficient (Wildman–Crippen LogP) is 4.11. The van der Waals surface area contributed by atoms with Crippen molar-refractivity contribution in [3.63, 3.8) is 0 Å². The first-order valence-corrected chi connectivity index (χ1v) is 8.50. The van der Waals surface area contributed by atoms with Crippen molar-refractivity contribution in [3.8, 4) is 23.3 Å². The lowest BCUT2D eigenvalue weighted by Gasteiger charge is -2.12. The Morgan fingerprint density at radius 2 is 2.00 bits per heavy atom. The topological polar surface area (TPSA) is 91.6 Å². The van der Waals surface area contributed by atoms with E-state index < -0.39 is 5.91 Å². The lowest BCUT2D eigenvalue weighted by molar-refractivity contribution is -0.112. The van der Waals surface area contributed by atoms with Gasteiger partial charge in [-0.15, -0.1) is 0 Å². The fraction of sp³-hybridized carbons (Fsp3) is 0.158. The summed E-state index contributed by atoms with van der Waals surface area (Å²) in [5.41, 5.74) is 0.991. The summed E-state index contributed by atoms with van der Waals surface area (Å²) < 4.78 is 11.4. The number of anilines is 1. The quantitative estimate of drug-likeness (QED) is 0.419. The first kappa shape index (κ1) is 19.3. The number of aromatic hydroxyl groups is 1. The molecule has 2 aromatic carbocycles. The SMILES string of the molecule is CCOc1cc(Br)c(/C=C(\C#N)C(=O)Nc2ccc(O)cc2)cc1OC. The second-order valence-corrected chi connectivity index (χ2v) is 5.98. The van der Waals surface area contributed by atoms with E-state index in [1.165, 1.54) is 37.5 Å². The summed E-state index contributed by atoms with van der Waals surface area (Å²) in [4.78, 5) is 12.3. The van der Waals surface area contributed by atoms with Gasteiger partial charge in [0.25, 0.3) is 5.91 Å². The Morgan fingerprint density at radius 1 is 1.31 bits per heavy atom. The highest BCUT2D eigenvalue weighted by Crippen LogP contribution is 2.34. The van der Waals surface area contributed by atoms with E-state index in [9.17, 15) is 15.2 Å². The Morgan fingerprint density at radius 3 is 2.58 bits per heavy atom. The Kier molecular flexibility index (Phi) is 6.64. The lowest BCUT2D eigenvalue weighted by atomic mass is 10.1. The average molecular weight is 417 g/mol. The van der Waals surface area contributed by atoms with Gasteiger partial charge in [-0.3, -0.25) is 4.79 Å². The average Bonchev–Trinajstić information content (AvgIpc) is 2.63. The third kappa shape index (κ3) is 4.77. The number of phenols is 1. The molecule has 2 aromatic rings. The zero-order valence-corrected chi connectivity index (χ0v) is 15.8. The van der Waals surface area contributed by atoms with Crippen molar-refractivity contribution in [2.45, 2.75) is 6.92 Å². The molecular formula is C19H17BrN2O4. The second-order valence-electron chi connectivity index (χ2n) is 5.13. The van der Waals surface area contributed by atoms with Gasteiger partial charge in [-0.05, 0) is 55.0 Å². The summed E-state index contributed by atoms with van der Waals surface area (Å²) in [7, 11) is 1.52. The summed E-state index contributed by atoms with van der Waals surface area (Å²) in [5.74, 6) is 0.589. The third-order valence-corrected chi connectivity index (χ3v) is 4.06. The van der Waals surface area contributed by atoms with E-state index in [2.05, 4.69) is 21.2 Å². The summed E-state index contributed by atoms with van der Waals surface area (Å²) in [5, 5.41) is 21.2. The maximum atomic E-state index is 12.3. The smallest absolute Gasteiger partial charge is 0.266 e. The van der Waals surface area contributed by atoms with E-state index in [0.717, 1.165) is 0 Å². The number of carbonyl (C=O) groups is 1. The number of halogens is 1. The van der Waals surface area contributed by atoms with Crippen molar-refractivity contribution >= 4 is 33.6 Å². The largest absolute Gasteiger partial charge is 0.508 e. The number of ether oxygens (including phenoxy) is 2. The fourth-order valence-corrected chi connectivity index (χ4v) is 2.57. The maximum Gasteiger partial charge on any atom is 0.266 e. The number of hydrogen-bond acceptors (Lipinski definition) is 5. The number of nitrogens with one attached hydrogen (secondary N) is 1. The molecule has 0 fully saturated rings. The van der Waals surface area contributed by atoms with Crippen LogP contribution in [0.5, 0.6) is 17.2 Å². The molecule has 7 heteroatoms. The number of benzene rings is 2. The van der Waals surface area contributed by atoms with Gasteiger partial charge in [0.05, 0.1) is 13.7 Å². The van der Waals surface area contributed by atoms with Crippen molar-refractivity contribution in [1.29, 1.82) is 5.26 Å². The molecule has 2 N–H and O–H groups in total. The summed E-state index contributed by atoms with van der Waals surface area (Å²) in [6, 6.07) is 11.3. The van der Waals surface area contributed by atoms with Crippen molar-refractivity contribution in [2.75, 3.05) is 19.0 Å². The minimum absolute atomic E-state index is 0.0787. The monoisotopic (exact) mass is 416 g/mol. The van der Waals surface area contributed by atoms with Crippen LogP contribution in [0.25, 0.3) is 6.08 Å². The van der Waals surface area contributed by atoms with Crippen molar-refractivity contribution in [1.82, 2.24) is 0 Å². The molecule has 0 atom stereocenters. The number of carbonyl (C=O) groups excluding carboxylic acids is 1. The lowest BCUT2D eigenvalue weighted by Crippen LogP contribution is -2.13. The second kappa shape index (κ2) is 8.92. The summed E-state index contributed by atoms with van der Waals surface area (Å²) in [6.07, 6.45) is 1.46. The van der Waals surface area contributed by atoms with Gasteiger partial charge in [0.2, 0.25) is 0 Å². The predicted molar refractivity (Wildman–Crippen MR) is 102 cm³/mol. The van der Waals surface area contributed by atoms with Gasteiger partial charge in [-0.1, -0.05) is 15.9 Å². The number of nitriles is 1. The van der Waals surface area contributed by atoms with Crippen LogP contribution in [0.2, 0.25) is 0 Å². The Hall–Kier alpha value is -2.98. The van der Waals surface area contributed by atoms with Crippen LogP contribution >= 0.6 is 15.9 Å². The van der Waals surface area contributed by atoms with Crippen molar-refractivity contribution in [2.24, 2.45) is 0 Å². The van der Waals surface area contributed by atoms with Gasteiger partial charge in [0.15, 0.2) is 11.5 Å². The molecule has 0 heterocycles. The highest BCUT2D eigenvalue weighted by molar-refractivity contribution is 9.10. The van der Waals surface area contributed by atoms with Gasteiger partial charge < -0.3 is 19.9 Å². The number of amides is 1. The van der Waals surface area contributed by atoms with Gasteiger partial charge in [-0.25, -0.2) is 0 Å². The summed E-state index contributed by atoms with van der Waals surface area (Å²) in [6.45, 7) is 2.35. The molecule has 134 valence electrons. The molecule has 0 aromatic heterocycles. The van der Waals surface area contributed by atoms with Gasteiger partial charge in [0.1, 0.15) is 17.4 Å². The normalized spacial score (nSPS) is 10.8. The molecule has 0 saturated heterocycles. The van der Waals surface area contributed by atoms with Crippen LogP contribution in [-0.2, 0) is 4.79 Å². The summed E-state index contributed by atoms with van der Waals surface area (Å²) >= 11 is 3.41. The first-order valence-electron chi connectivity index (χ1n) is 7.71. The van der Waals surface area contributed by atoms with E-state index in [4.69, 9.17) is 9.47 Å². The van der Waals surface area contributed by atoms with Crippen molar-refractivity contribution in [3.05, 3.63) is 52.0 Å². The van der Waals surface area contributed by atoms with Gasteiger partial charge in [0, 0.05) is 10.2 Å². The van der Waals surface area contributed by atoms with Crippen LogP contribution in [0.15, 0.2) is 46.4 Å². The molecule has 1 amide bonds. The highest BCUT2D eigenvalue weighted by atomic mass is 79.9. The number of nitrogens with zero attached hydrogens (tertiary/aromatic N) is 1. The van der Waals surface area contributed by atoms with Gasteiger partial charge >= 0.3 is 0 Å². The molecular weight excluding hydrogens is 400 g/mol. The van der Waals surface area contributed by atoms with E-state index in [-0.39, 0.29) is 11.3 Å².